The summed E-state index contributed by atoms with van der Waals surface area (Å²) < 4.78 is 33.7. The molecule has 1 heterocycles. The second-order valence-electron chi connectivity index (χ2n) is 6.19. The Bertz CT molecular complexity index is 1240. The Morgan fingerprint density at radius 3 is 2.48 bits per heavy atom. The van der Waals surface area contributed by atoms with Crippen LogP contribution >= 0.6 is 34.8 Å². The number of carbonyl (C=O) groups is 1. The van der Waals surface area contributed by atoms with Crippen LogP contribution in [0.2, 0.25) is 15.1 Å². The largest absolute Gasteiger partial charge is 0.455 e. The molecular formula is C20H16Cl3N3O4S. The quantitative estimate of drug-likeness (QED) is 0.454. The zero-order valence-corrected chi connectivity index (χ0v) is 19.1. The molecule has 0 saturated carbocycles. The molecule has 3 aromatic rings. The van der Waals surface area contributed by atoms with Gasteiger partial charge in [-0.15, -0.1) is 0 Å². The topological polar surface area (TPSA) is 97.4 Å². The maximum atomic E-state index is 12.8. The molecule has 1 amide bonds. The van der Waals surface area contributed by atoms with Crippen molar-refractivity contribution >= 4 is 56.4 Å². The number of amides is 1. The Hall–Kier alpha value is -2.52. The molecule has 0 aliphatic rings. The van der Waals surface area contributed by atoms with Crippen molar-refractivity contribution in [3.8, 4) is 11.5 Å². The van der Waals surface area contributed by atoms with Gasteiger partial charge in [-0.3, -0.25) is 14.5 Å². The highest BCUT2D eigenvalue weighted by atomic mass is 35.5. The SMILES string of the molecule is CCNC(=O)c1cc(NS(=O)(=O)c2ccc(Cl)cc2Cl)ccc1Oc1cncc(Cl)c1. The molecule has 0 radical (unpaired) electrons. The van der Waals surface area contributed by atoms with E-state index in [4.69, 9.17) is 39.5 Å². The fourth-order valence-electron chi connectivity index (χ4n) is 2.59. The molecule has 3 rings (SSSR count). The van der Waals surface area contributed by atoms with Crippen molar-refractivity contribution in [3.05, 3.63) is 75.5 Å². The second-order valence-corrected chi connectivity index (χ2v) is 9.12. The number of carbonyl (C=O) groups excluding carboxylic acids is 1. The molecule has 0 fully saturated rings. The van der Waals surface area contributed by atoms with Crippen LogP contribution in [0.4, 0.5) is 5.69 Å². The lowest BCUT2D eigenvalue weighted by molar-refractivity contribution is 0.0953. The maximum Gasteiger partial charge on any atom is 0.263 e. The molecule has 0 spiro atoms. The number of ether oxygens (including phenoxy) is 1. The van der Waals surface area contributed by atoms with Crippen molar-refractivity contribution in [3.63, 3.8) is 0 Å². The van der Waals surface area contributed by atoms with Gasteiger partial charge in [0.1, 0.15) is 16.4 Å². The molecule has 11 heteroatoms. The van der Waals surface area contributed by atoms with E-state index in [1.165, 1.54) is 54.9 Å². The minimum absolute atomic E-state index is 0.0302. The Balaban J connectivity index is 1.96. The first kappa shape index (κ1) is 23.1. The Morgan fingerprint density at radius 2 is 1.81 bits per heavy atom. The van der Waals surface area contributed by atoms with Crippen LogP contribution in [0, 0.1) is 0 Å². The molecule has 0 saturated heterocycles. The van der Waals surface area contributed by atoms with Crippen molar-refractivity contribution in [2.24, 2.45) is 0 Å². The van der Waals surface area contributed by atoms with Gasteiger partial charge in [0.05, 0.1) is 21.8 Å². The van der Waals surface area contributed by atoms with Crippen LogP contribution in [0.25, 0.3) is 0 Å². The van der Waals surface area contributed by atoms with Gasteiger partial charge in [0, 0.05) is 29.5 Å². The molecule has 2 N–H and O–H groups in total. The van der Waals surface area contributed by atoms with Crippen LogP contribution in [0.15, 0.2) is 59.8 Å². The fraction of sp³-hybridized carbons (Fsp3) is 0.100. The number of pyridine rings is 1. The van der Waals surface area contributed by atoms with Gasteiger partial charge in [0.15, 0.2) is 0 Å². The van der Waals surface area contributed by atoms with Crippen LogP contribution in [0.1, 0.15) is 17.3 Å². The standard InChI is InChI=1S/C20H16Cl3N3O4S/c1-2-25-20(27)16-9-14(4-5-18(16)30-15-7-13(22)10-24-11-15)26-31(28,29)19-6-3-12(21)8-17(19)23/h3-11,26H,2H2,1H3,(H,25,27). The predicted molar refractivity (Wildman–Crippen MR) is 121 cm³/mol. The van der Waals surface area contributed by atoms with E-state index in [0.717, 1.165) is 0 Å². The van der Waals surface area contributed by atoms with Gasteiger partial charge in [-0.05, 0) is 43.3 Å². The highest BCUT2D eigenvalue weighted by Gasteiger charge is 2.20. The Kier molecular flexibility index (Phi) is 7.27. The monoisotopic (exact) mass is 499 g/mol. The average molecular weight is 501 g/mol. The number of nitrogens with zero attached hydrogens (tertiary/aromatic N) is 1. The molecule has 162 valence electrons. The summed E-state index contributed by atoms with van der Waals surface area (Å²) in [4.78, 5) is 16.3. The fourth-order valence-corrected chi connectivity index (χ4v) is 4.58. The second kappa shape index (κ2) is 9.74. The first-order chi connectivity index (χ1) is 14.7. The first-order valence-electron chi connectivity index (χ1n) is 8.88. The first-order valence-corrected chi connectivity index (χ1v) is 11.5. The summed E-state index contributed by atoms with van der Waals surface area (Å²) in [6.45, 7) is 2.13. The zero-order valence-electron chi connectivity index (χ0n) is 16.0. The van der Waals surface area contributed by atoms with Crippen LogP contribution in [0.3, 0.4) is 0 Å². The van der Waals surface area contributed by atoms with Crippen molar-refractivity contribution in [2.75, 3.05) is 11.3 Å². The number of nitrogens with one attached hydrogen (secondary N) is 2. The molecular weight excluding hydrogens is 485 g/mol. The lowest BCUT2D eigenvalue weighted by Gasteiger charge is -2.14. The van der Waals surface area contributed by atoms with Crippen molar-refractivity contribution < 1.29 is 17.9 Å². The smallest absolute Gasteiger partial charge is 0.263 e. The van der Waals surface area contributed by atoms with E-state index in [1.807, 2.05) is 0 Å². The molecule has 2 aromatic carbocycles. The third-order valence-corrected chi connectivity index (χ3v) is 6.21. The van der Waals surface area contributed by atoms with Gasteiger partial charge in [-0.1, -0.05) is 34.8 Å². The summed E-state index contributed by atoms with van der Waals surface area (Å²) in [7, 11) is -4.03. The van der Waals surface area contributed by atoms with Gasteiger partial charge in [-0.2, -0.15) is 0 Å². The van der Waals surface area contributed by atoms with E-state index in [2.05, 4.69) is 15.0 Å². The molecule has 0 unspecified atom stereocenters. The number of hydrogen-bond donors (Lipinski definition) is 2. The molecule has 0 bridgehead atoms. The highest BCUT2D eigenvalue weighted by Crippen LogP contribution is 2.31. The van der Waals surface area contributed by atoms with E-state index >= 15 is 0 Å². The average Bonchev–Trinajstić information content (AvgIpc) is 2.69. The van der Waals surface area contributed by atoms with E-state index in [9.17, 15) is 13.2 Å². The van der Waals surface area contributed by atoms with Crippen LogP contribution in [-0.2, 0) is 10.0 Å². The Morgan fingerprint density at radius 1 is 1.03 bits per heavy atom. The highest BCUT2D eigenvalue weighted by molar-refractivity contribution is 7.92. The van der Waals surface area contributed by atoms with Gasteiger partial charge < -0.3 is 10.1 Å². The molecule has 0 aliphatic carbocycles. The zero-order chi connectivity index (χ0) is 22.6. The van der Waals surface area contributed by atoms with Gasteiger partial charge in [0.2, 0.25) is 0 Å². The molecule has 0 aliphatic heterocycles. The van der Waals surface area contributed by atoms with E-state index in [1.54, 1.807) is 6.92 Å². The van der Waals surface area contributed by atoms with Crippen molar-refractivity contribution in [1.29, 1.82) is 0 Å². The summed E-state index contributed by atoms with van der Waals surface area (Å²) in [6, 6.07) is 9.85. The summed E-state index contributed by atoms with van der Waals surface area (Å²) in [5.74, 6) is 0.0693. The summed E-state index contributed by atoms with van der Waals surface area (Å²) in [5.41, 5.74) is 0.257. The lowest BCUT2D eigenvalue weighted by Crippen LogP contribution is -2.23. The normalized spacial score (nSPS) is 11.1. The molecule has 7 nitrogen and oxygen atoms in total. The lowest BCUT2D eigenvalue weighted by atomic mass is 10.1. The van der Waals surface area contributed by atoms with Crippen LogP contribution in [0.5, 0.6) is 11.5 Å². The predicted octanol–water partition coefficient (Wildman–Crippen LogP) is 5.38. The minimum atomic E-state index is -4.03. The van der Waals surface area contributed by atoms with Gasteiger partial charge in [0.25, 0.3) is 15.9 Å². The number of anilines is 1. The summed E-state index contributed by atoms with van der Waals surface area (Å²) in [5, 5.41) is 3.30. The third-order valence-electron chi connectivity index (χ3n) is 3.90. The van der Waals surface area contributed by atoms with E-state index in [-0.39, 0.29) is 26.9 Å². The van der Waals surface area contributed by atoms with E-state index < -0.39 is 15.9 Å². The molecule has 31 heavy (non-hydrogen) atoms. The maximum absolute atomic E-state index is 12.8. The van der Waals surface area contributed by atoms with Crippen molar-refractivity contribution in [1.82, 2.24) is 10.3 Å². The minimum Gasteiger partial charge on any atom is -0.455 e. The van der Waals surface area contributed by atoms with Crippen molar-refractivity contribution in [2.45, 2.75) is 11.8 Å². The number of rotatable bonds is 7. The molecule has 0 atom stereocenters. The Labute approximate surface area is 194 Å². The number of halogens is 3. The summed E-state index contributed by atoms with van der Waals surface area (Å²) in [6.07, 6.45) is 2.88. The van der Waals surface area contributed by atoms with Gasteiger partial charge in [-0.25, -0.2) is 8.42 Å². The van der Waals surface area contributed by atoms with Crippen LogP contribution < -0.4 is 14.8 Å². The molecule has 1 aromatic heterocycles. The summed E-state index contributed by atoms with van der Waals surface area (Å²) >= 11 is 17.8. The van der Waals surface area contributed by atoms with Crippen LogP contribution in [-0.4, -0.2) is 25.9 Å². The number of benzene rings is 2. The number of aromatic nitrogens is 1. The third kappa shape index (κ3) is 5.80. The van der Waals surface area contributed by atoms with E-state index in [0.29, 0.717) is 22.3 Å². The number of sulfonamides is 1. The van der Waals surface area contributed by atoms with Gasteiger partial charge >= 0.3 is 0 Å². The number of hydrogen-bond acceptors (Lipinski definition) is 5.